The minimum absolute atomic E-state index is 0.267. The van der Waals surface area contributed by atoms with Gasteiger partial charge in [0.05, 0.1) is 6.04 Å². The Balaban J connectivity index is 1.77. The molecule has 7 heteroatoms. The summed E-state index contributed by atoms with van der Waals surface area (Å²) in [6, 6.07) is -0.389. The molecule has 0 radical (unpaired) electrons. The van der Waals surface area contributed by atoms with Crippen molar-refractivity contribution in [2.24, 2.45) is 4.99 Å². The molecule has 0 aromatic carbocycles. The van der Waals surface area contributed by atoms with Crippen LogP contribution in [0.15, 0.2) is 4.99 Å². The molecule has 1 saturated carbocycles. The zero-order chi connectivity index (χ0) is 16.1. The topological polar surface area (TPSA) is 115 Å². The Kier molecular flexibility index (Phi) is 6.43. The molecule has 0 amide bonds. The number of rotatable bonds is 7. The van der Waals surface area contributed by atoms with Crippen molar-refractivity contribution in [1.29, 1.82) is 0 Å². The first-order valence-corrected chi connectivity index (χ1v) is 8.26. The molecule has 5 N–H and O–H groups in total. The van der Waals surface area contributed by atoms with Gasteiger partial charge in [0.2, 0.25) is 0 Å². The minimum Gasteiger partial charge on any atom is -0.457 e. The molecule has 2 fully saturated rings. The molecule has 0 bridgehead atoms. The van der Waals surface area contributed by atoms with E-state index in [4.69, 9.17) is 4.74 Å². The highest BCUT2D eigenvalue weighted by Crippen LogP contribution is 2.27. The van der Waals surface area contributed by atoms with E-state index in [2.05, 4.69) is 17.2 Å². The van der Waals surface area contributed by atoms with E-state index in [1.165, 1.54) is 25.7 Å². The lowest BCUT2D eigenvalue weighted by atomic mass is 9.84. The first kappa shape index (κ1) is 17.5. The van der Waals surface area contributed by atoms with Crippen molar-refractivity contribution < 1.29 is 25.2 Å². The van der Waals surface area contributed by atoms with Crippen LogP contribution in [-0.2, 0) is 4.74 Å². The standard InChI is InChI=1S/C15H28N2O5/c1-2-3-4-5-6-7-8-16-15-17-9-10(18)11(19)12(20)13(21)14(9)22-15/h9-14,18-21H,2-8H2,1H3,(H,16,17). The Hall–Kier alpha value is -0.890. The van der Waals surface area contributed by atoms with E-state index >= 15 is 0 Å². The van der Waals surface area contributed by atoms with Crippen molar-refractivity contribution >= 4 is 6.02 Å². The normalized spacial score (nSPS) is 39.4. The molecule has 1 saturated heterocycles. The van der Waals surface area contributed by atoms with Crippen LogP contribution in [0.3, 0.4) is 0 Å². The van der Waals surface area contributed by atoms with Crippen LogP contribution in [0.5, 0.6) is 0 Å². The second-order valence-electron chi connectivity index (χ2n) is 6.17. The van der Waals surface area contributed by atoms with E-state index in [-0.39, 0.29) is 6.02 Å². The Morgan fingerprint density at radius 2 is 1.55 bits per heavy atom. The maximum absolute atomic E-state index is 9.93. The number of fused-ring (bicyclic) bond motifs is 1. The maximum Gasteiger partial charge on any atom is 0.285 e. The molecule has 0 aromatic rings. The average molecular weight is 316 g/mol. The first-order chi connectivity index (χ1) is 10.6. The van der Waals surface area contributed by atoms with Gasteiger partial charge < -0.3 is 30.5 Å². The highest BCUT2D eigenvalue weighted by molar-refractivity contribution is 5.76. The van der Waals surface area contributed by atoms with E-state index in [1.54, 1.807) is 0 Å². The van der Waals surface area contributed by atoms with Crippen LogP contribution in [0, 0.1) is 0 Å². The summed E-state index contributed by atoms with van der Waals surface area (Å²) in [6.45, 7) is 2.80. The Labute approximate surface area is 131 Å². The third kappa shape index (κ3) is 3.90. The second kappa shape index (κ2) is 8.10. The predicted octanol–water partition coefficient (Wildman–Crippen LogP) is -0.483. The lowest BCUT2D eigenvalue weighted by Crippen LogP contribution is -2.64. The summed E-state index contributed by atoms with van der Waals surface area (Å²) in [6.07, 6.45) is 0.958. The highest BCUT2D eigenvalue weighted by atomic mass is 16.5. The molecule has 2 aliphatic rings. The van der Waals surface area contributed by atoms with Crippen molar-refractivity contribution in [1.82, 2.24) is 5.32 Å². The van der Waals surface area contributed by atoms with E-state index in [1.807, 2.05) is 0 Å². The number of aliphatic hydroxyl groups excluding tert-OH is 4. The van der Waals surface area contributed by atoms with Crippen molar-refractivity contribution in [2.45, 2.75) is 82.0 Å². The third-order valence-electron chi connectivity index (χ3n) is 4.41. The molecule has 2 rings (SSSR count). The number of ether oxygens (including phenoxy) is 1. The average Bonchev–Trinajstić information content (AvgIpc) is 2.94. The van der Waals surface area contributed by atoms with E-state index in [9.17, 15) is 20.4 Å². The summed E-state index contributed by atoms with van der Waals surface area (Å²) < 4.78 is 5.47. The van der Waals surface area contributed by atoms with Gasteiger partial charge in [-0.25, -0.2) is 4.99 Å². The number of nitrogens with one attached hydrogen (secondary N) is 1. The van der Waals surface area contributed by atoms with Gasteiger partial charge in [-0.05, 0) is 6.42 Å². The molecule has 7 nitrogen and oxygen atoms in total. The van der Waals surface area contributed by atoms with Gasteiger partial charge in [0, 0.05) is 6.54 Å². The summed E-state index contributed by atoms with van der Waals surface area (Å²) >= 11 is 0. The molecule has 1 aliphatic carbocycles. The van der Waals surface area contributed by atoms with Gasteiger partial charge in [-0.2, -0.15) is 0 Å². The SMILES string of the molecule is CCCCCCCCN=C1NC2C(O)C(O)C(O)C(O)C2O1. The second-order valence-corrected chi connectivity index (χ2v) is 6.17. The highest BCUT2D eigenvalue weighted by Gasteiger charge is 2.53. The molecule has 128 valence electrons. The molecule has 0 aromatic heterocycles. The van der Waals surface area contributed by atoms with Crippen molar-refractivity contribution in [3.8, 4) is 0 Å². The quantitative estimate of drug-likeness (QED) is 0.405. The molecule has 6 unspecified atom stereocenters. The number of nitrogens with zero attached hydrogens (tertiary/aromatic N) is 1. The molecule has 1 heterocycles. The van der Waals surface area contributed by atoms with Crippen LogP contribution < -0.4 is 5.32 Å². The number of aliphatic imine (C=N–C) groups is 1. The summed E-state index contributed by atoms with van der Waals surface area (Å²) in [5.74, 6) is 0. The molecular formula is C15H28N2O5. The molecular weight excluding hydrogens is 288 g/mol. The first-order valence-electron chi connectivity index (χ1n) is 8.26. The van der Waals surface area contributed by atoms with Crippen LogP contribution in [0.4, 0.5) is 0 Å². The largest absolute Gasteiger partial charge is 0.457 e. The van der Waals surface area contributed by atoms with Crippen LogP contribution in [0.1, 0.15) is 45.4 Å². The lowest BCUT2D eigenvalue weighted by molar-refractivity contribution is -0.174. The van der Waals surface area contributed by atoms with Gasteiger partial charge in [0.15, 0.2) is 6.10 Å². The van der Waals surface area contributed by atoms with Crippen molar-refractivity contribution in [2.75, 3.05) is 6.54 Å². The number of unbranched alkanes of at least 4 members (excludes halogenated alkanes) is 5. The van der Waals surface area contributed by atoms with Gasteiger partial charge in [-0.15, -0.1) is 0 Å². The van der Waals surface area contributed by atoms with Gasteiger partial charge in [-0.3, -0.25) is 0 Å². The number of hydrogen-bond acceptors (Lipinski definition) is 6. The van der Waals surface area contributed by atoms with Gasteiger partial charge in [0.25, 0.3) is 6.02 Å². The fourth-order valence-electron chi connectivity index (χ4n) is 2.99. The Bertz CT molecular complexity index is 355. The fraction of sp³-hybridized carbons (Fsp3) is 0.933. The van der Waals surface area contributed by atoms with Crippen LogP contribution in [0.2, 0.25) is 0 Å². The van der Waals surface area contributed by atoms with Crippen LogP contribution in [-0.4, -0.2) is 69.6 Å². The smallest absolute Gasteiger partial charge is 0.285 e. The van der Waals surface area contributed by atoms with Crippen molar-refractivity contribution in [3.63, 3.8) is 0 Å². The van der Waals surface area contributed by atoms with Gasteiger partial charge in [0.1, 0.15) is 24.4 Å². The summed E-state index contributed by atoms with van der Waals surface area (Å²) in [5.41, 5.74) is 0. The van der Waals surface area contributed by atoms with Gasteiger partial charge in [-0.1, -0.05) is 39.0 Å². The molecule has 22 heavy (non-hydrogen) atoms. The third-order valence-corrected chi connectivity index (χ3v) is 4.41. The summed E-state index contributed by atoms with van der Waals surface area (Å²) in [5, 5.41) is 42.0. The predicted molar refractivity (Wildman–Crippen MR) is 81.5 cm³/mol. The fourth-order valence-corrected chi connectivity index (χ4v) is 2.99. The summed E-state index contributed by atoms with van der Waals surface area (Å²) in [7, 11) is 0. The molecule has 6 atom stereocenters. The number of amidine groups is 1. The minimum atomic E-state index is -1.42. The van der Waals surface area contributed by atoms with Crippen LogP contribution >= 0.6 is 0 Å². The van der Waals surface area contributed by atoms with Gasteiger partial charge >= 0.3 is 0 Å². The monoisotopic (exact) mass is 316 g/mol. The zero-order valence-electron chi connectivity index (χ0n) is 13.1. The molecule has 0 spiro atoms. The number of hydrogen-bond donors (Lipinski definition) is 5. The van der Waals surface area contributed by atoms with E-state index in [0.29, 0.717) is 6.54 Å². The van der Waals surface area contributed by atoms with Crippen molar-refractivity contribution in [3.05, 3.63) is 0 Å². The maximum atomic E-state index is 9.93. The Morgan fingerprint density at radius 3 is 2.27 bits per heavy atom. The van der Waals surface area contributed by atoms with E-state index < -0.39 is 36.6 Å². The summed E-state index contributed by atoms with van der Waals surface area (Å²) in [4.78, 5) is 4.28. The zero-order valence-corrected chi connectivity index (χ0v) is 13.1. The molecule has 1 aliphatic heterocycles. The number of aliphatic hydroxyl groups is 4. The van der Waals surface area contributed by atoms with E-state index in [0.717, 1.165) is 12.8 Å². The van der Waals surface area contributed by atoms with Crippen LogP contribution in [0.25, 0.3) is 0 Å². The Morgan fingerprint density at radius 1 is 0.909 bits per heavy atom. The lowest BCUT2D eigenvalue weighted by Gasteiger charge is -2.38.